The summed E-state index contributed by atoms with van der Waals surface area (Å²) in [6.45, 7) is 0.143. The van der Waals surface area contributed by atoms with Gasteiger partial charge in [0.2, 0.25) is 5.88 Å². The van der Waals surface area contributed by atoms with Crippen molar-refractivity contribution in [2.24, 2.45) is 0 Å². The van der Waals surface area contributed by atoms with E-state index in [2.05, 4.69) is 15.3 Å². The Morgan fingerprint density at radius 2 is 1.90 bits per heavy atom. The first kappa shape index (κ1) is 19.7. The first-order chi connectivity index (χ1) is 14.6. The molecular formula is C22H15F2N3O2S. The van der Waals surface area contributed by atoms with Crippen LogP contribution < -0.4 is 10.1 Å². The molecule has 0 fully saturated rings. The Morgan fingerprint density at radius 1 is 1.03 bits per heavy atom. The summed E-state index contributed by atoms with van der Waals surface area (Å²) < 4.78 is 33.0. The highest BCUT2D eigenvalue weighted by Gasteiger charge is 2.15. The van der Waals surface area contributed by atoms with Crippen LogP contribution in [0.5, 0.6) is 11.6 Å². The summed E-state index contributed by atoms with van der Waals surface area (Å²) in [4.78, 5) is 21.2. The third-order valence-electron chi connectivity index (χ3n) is 4.13. The molecule has 1 amide bonds. The van der Waals surface area contributed by atoms with Crippen molar-refractivity contribution in [1.82, 2.24) is 15.3 Å². The number of halogens is 2. The van der Waals surface area contributed by atoms with Crippen LogP contribution in [0.15, 0.2) is 73.1 Å². The molecule has 0 spiro atoms. The number of hydrogen-bond donors (Lipinski definition) is 1. The van der Waals surface area contributed by atoms with E-state index in [1.165, 1.54) is 30.5 Å². The van der Waals surface area contributed by atoms with Gasteiger partial charge >= 0.3 is 0 Å². The average molecular weight is 423 g/mol. The van der Waals surface area contributed by atoms with Gasteiger partial charge in [-0.3, -0.25) is 4.79 Å². The van der Waals surface area contributed by atoms with E-state index in [-0.39, 0.29) is 18.3 Å². The molecule has 0 aliphatic heterocycles. The van der Waals surface area contributed by atoms with Crippen LogP contribution in [0.1, 0.15) is 15.2 Å². The summed E-state index contributed by atoms with van der Waals surface area (Å²) in [6.07, 6.45) is 2.96. The van der Waals surface area contributed by atoms with Crippen molar-refractivity contribution in [2.75, 3.05) is 0 Å². The highest BCUT2D eigenvalue weighted by Crippen LogP contribution is 2.28. The first-order valence-corrected chi connectivity index (χ1v) is 9.78. The normalized spacial score (nSPS) is 10.6. The number of nitrogens with one attached hydrogen (secondary N) is 1. The lowest BCUT2D eigenvalue weighted by molar-refractivity contribution is 0.0954. The Kier molecular flexibility index (Phi) is 5.76. The number of thiazole rings is 1. The van der Waals surface area contributed by atoms with E-state index in [9.17, 15) is 13.6 Å². The van der Waals surface area contributed by atoms with Crippen LogP contribution in [0.3, 0.4) is 0 Å². The van der Waals surface area contributed by atoms with E-state index >= 15 is 0 Å². The number of aromatic nitrogens is 2. The molecule has 30 heavy (non-hydrogen) atoms. The summed E-state index contributed by atoms with van der Waals surface area (Å²) in [5, 5.41) is 3.20. The summed E-state index contributed by atoms with van der Waals surface area (Å²) in [7, 11) is 0. The van der Waals surface area contributed by atoms with Gasteiger partial charge in [0.05, 0.1) is 6.20 Å². The molecule has 0 radical (unpaired) electrons. The number of rotatable bonds is 6. The van der Waals surface area contributed by atoms with Crippen molar-refractivity contribution in [3.05, 3.63) is 95.1 Å². The second-order valence-corrected chi connectivity index (χ2v) is 7.25. The van der Waals surface area contributed by atoms with Gasteiger partial charge in [0.1, 0.15) is 27.3 Å². The fourth-order valence-corrected chi connectivity index (χ4v) is 3.55. The van der Waals surface area contributed by atoms with Crippen LogP contribution in [-0.2, 0) is 6.54 Å². The molecule has 4 aromatic rings. The second kappa shape index (κ2) is 8.79. The molecule has 0 atom stereocenters. The van der Waals surface area contributed by atoms with Gasteiger partial charge in [0.25, 0.3) is 5.91 Å². The zero-order valence-corrected chi connectivity index (χ0v) is 16.3. The Balaban J connectivity index is 1.45. The largest absolute Gasteiger partial charge is 0.439 e. The zero-order chi connectivity index (χ0) is 20.9. The van der Waals surface area contributed by atoms with Crippen LogP contribution in [0, 0.1) is 11.6 Å². The lowest BCUT2D eigenvalue weighted by Gasteiger charge is -2.10. The maximum atomic E-state index is 13.9. The maximum absolute atomic E-state index is 13.9. The SMILES string of the molecule is O=C(NCc1cccnc1Oc1cccc(F)c1)c1cnc(-c2ccccc2F)s1. The fraction of sp³-hybridized carbons (Fsp3) is 0.0455. The number of carbonyl (C=O) groups is 1. The number of nitrogens with zero attached hydrogens (tertiary/aromatic N) is 2. The summed E-state index contributed by atoms with van der Waals surface area (Å²) in [5.74, 6) is -0.601. The Morgan fingerprint density at radius 3 is 2.73 bits per heavy atom. The van der Waals surface area contributed by atoms with Crippen molar-refractivity contribution in [1.29, 1.82) is 0 Å². The molecule has 0 unspecified atom stereocenters. The molecule has 8 heteroatoms. The minimum atomic E-state index is -0.422. The Bertz CT molecular complexity index is 1200. The van der Waals surface area contributed by atoms with Gasteiger partial charge in [0, 0.05) is 29.9 Å². The highest BCUT2D eigenvalue weighted by atomic mass is 32.1. The summed E-state index contributed by atoms with van der Waals surface area (Å²) >= 11 is 1.10. The molecule has 2 aromatic carbocycles. The number of hydrogen-bond acceptors (Lipinski definition) is 5. The Hall–Kier alpha value is -3.65. The van der Waals surface area contributed by atoms with Crippen LogP contribution in [0.25, 0.3) is 10.6 Å². The van der Waals surface area contributed by atoms with Crippen LogP contribution in [0.4, 0.5) is 8.78 Å². The molecular weight excluding hydrogens is 408 g/mol. The highest BCUT2D eigenvalue weighted by molar-refractivity contribution is 7.16. The fourth-order valence-electron chi connectivity index (χ4n) is 2.69. The van der Waals surface area contributed by atoms with E-state index in [1.54, 1.807) is 42.6 Å². The molecule has 0 saturated heterocycles. The van der Waals surface area contributed by atoms with Crippen molar-refractivity contribution in [3.63, 3.8) is 0 Å². The summed E-state index contributed by atoms with van der Waals surface area (Å²) in [6, 6.07) is 15.4. The summed E-state index contributed by atoms with van der Waals surface area (Å²) in [5.41, 5.74) is 0.966. The third kappa shape index (κ3) is 4.49. The smallest absolute Gasteiger partial charge is 0.263 e. The molecule has 1 N–H and O–H groups in total. The van der Waals surface area contributed by atoms with Gasteiger partial charge in [-0.15, -0.1) is 11.3 Å². The van der Waals surface area contributed by atoms with Gasteiger partial charge in [-0.05, 0) is 30.3 Å². The number of benzene rings is 2. The van der Waals surface area contributed by atoms with Crippen LogP contribution >= 0.6 is 11.3 Å². The topological polar surface area (TPSA) is 64.1 Å². The standard InChI is InChI=1S/C22H15F2N3O2S/c23-15-6-3-7-16(11-15)29-21-14(5-4-10-25-21)12-26-20(28)19-13-27-22(30-19)17-8-1-2-9-18(17)24/h1-11,13H,12H2,(H,26,28). The zero-order valence-electron chi connectivity index (χ0n) is 15.5. The number of amides is 1. The number of carbonyl (C=O) groups excluding carboxylic acids is 1. The molecule has 5 nitrogen and oxygen atoms in total. The molecule has 4 rings (SSSR count). The van der Waals surface area contributed by atoms with E-state index < -0.39 is 11.6 Å². The second-order valence-electron chi connectivity index (χ2n) is 6.22. The van der Waals surface area contributed by atoms with E-state index in [1.807, 2.05) is 0 Å². The van der Waals surface area contributed by atoms with Gasteiger partial charge in [0.15, 0.2) is 0 Å². The average Bonchev–Trinajstić information content (AvgIpc) is 3.23. The molecule has 0 saturated carbocycles. The van der Waals surface area contributed by atoms with Crippen LogP contribution in [0.2, 0.25) is 0 Å². The van der Waals surface area contributed by atoms with Gasteiger partial charge in [-0.2, -0.15) is 0 Å². The molecule has 0 bridgehead atoms. The van der Waals surface area contributed by atoms with E-state index in [0.29, 0.717) is 26.8 Å². The molecule has 2 heterocycles. The van der Waals surface area contributed by atoms with Crippen molar-refractivity contribution < 1.29 is 18.3 Å². The van der Waals surface area contributed by atoms with Crippen molar-refractivity contribution in [2.45, 2.75) is 6.54 Å². The van der Waals surface area contributed by atoms with Crippen molar-refractivity contribution >= 4 is 17.2 Å². The van der Waals surface area contributed by atoms with Gasteiger partial charge in [-0.1, -0.05) is 24.3 Å². The minimum absolute atomic E-state index is 0.143. The maximum Gasteiger partial charge on any atom is 0.263 e. The monoisotopic (exact) mass is 423 g/mol. The number of ether oxygens (including phenoxy) is 1. The third-order valence-corrected chi connectivity index (χ3v) is 5.16. The predicted molar refractivity (Wildman–Crippen MR) is 109 cm³/mol. The number of pyridine rings is 1. The predicted octanol–water partition coefficient (Wildman–Crippen LogP) is 5.21. The molecule has 0 aliphatic carbocycles. The Labute approximate surface area is 175 Å². The molecule has 150 valence electrons. The quantitative estimate of drug-likeness (QED) is 0.463. The first-order valence-electron chi connectivity index (χ1n) is 8.96. The molecule has 2 aromatic heterocycles. The lowest BCUT2D eigenvalue weighted by Crippen LogP contribution is -2.22. The molecule has 0 aliphatic rings. The minimum Gasteiger partial charge on any atom is -0.439 e. The van der Waals surface area contributed by atoms with Crippen molar-refractivity contribution in [3.8, 4) is 22.2 Å². The lowest BCUT2D eigenvalue weighted by atomic mass is 10.2. The van der Waals surface area contributed by atoms with Crippen LogP contribution in [-0.4, -0.2) is 15.9 Å². The van der Waals surface area contributed by atoms with E-state index in [4.69, 9.17) is 4.74 Å². The van der Waals surface area contributed by atoms with Gasteiger partial charge in [-0.25, -0.2) is 18.7 Å². The van der Waals surface area contributed by atoms with Gasteiger partial charge < -0.3 is 10.1 Å². The van der Waals surface area contributed by atoms with E-state index in [0.717, 1.165) is 11.3 Å².